The average Bonchev–Trinajstić information content (AvgIpc) is 2.77. The molecule has 1 aromatic rings. The third-order valence-corrected chi connectivity index (χ3v) is 4.16. The van der Waals surface area contributed by atoms with E-state index in [0.29, 0.717) is 13.0 Å². The van der Waals surface area contributed by atoms with Crippen LogP contribution in [-0.2, 0) is 9.59 Å². The van der Waals surface area contributed by atoms with Crippen molar-refractivity contribution in [1.82, 2.24) is 10.3 Å². The van der Waals surface area contributed by atoms with Gasteiger partial charge < -0.3 is 9.80 Å². The van der Waals surface area contributed by atoms with E-state index in [1.807, 2.05) is 50.2 Å². The van der Waals surface area contributed by atoms with Gasteiger partial charge in [-0.25, -0.2) is 5.43 Å². The van der Waals surface area contributed by atoms with E-state index in [9.17, 15) is 9.59 Å². The van der Waals surface area contributed by atoms with E-state index in [1.165, 1.54) is 0 Å². The van der Waals surface area contributed by atoms with Gasteiger partial charge in [0.05, 0.1) is 5.71 Å². The maximum atomic E-state index is 12.0. The van der Waals surface area contributed by atoms with Crippen LogP contribution in [0.5, 0.6) is 0 Å². The second-order valence-corrected chi connectivity index (χ2v) is 6.30. The second kappa shape index (κ2) is 8.47. The molecule has 1 heterocycles. The Kier molecular flexibility index (Phi) is 6.35. The zero-order valence-electron chi connectivity index (χ0n) is 14.7. The van der Waals surface area contributed by atoms with Gasteiger partial charge in [0, 0.05) is 32.7 Å². The highest BCUT2D eigenvalue weighted by atomic mass is 16.2. The number of hydrogen-bond acceptors (Lipinski definition) is 4. The highest BCUT2D eigenvalue weighted by Gasteiger charge is 2.18. The SMILES string of the molecule is C/C(=N/NC(=O)CN1CCCCCC1=O)c1ccc(N(C)C)cc1. The van der Waals surface area contributed by atoms with Crippen LogP contribution in [0, 0.1) is 0 Å². The number of anilines is 1. The fourth-order valence-corrected chi connectivity index (χ4v) is 2.63. The third-order valence-electron chi connectivity index (χ3n) is 4.16. The van der Waals surface area contributed by atoms with E-state index in [1.54, 1.807) is 4.90 Å². The Balaban J connectivity index is 1.91. The van der Waals surface area contributed by atoms with Crippen molar-refractivity contribution in [2.45, 2.75) is 32.6 Å². The zero-order chi connectivity index (χ0) is 17.5. The molecular weight excluding hydrogens is 304 g/mol. The second-order valence-electron chi connectivity index (χ2n) is 6.30. The van der Waals surface area contributed by atoms with Crippen LogP contribution in [0.15, 0.2) is 29.4 Å². The standard InChI is InChI=1S/C18H26N4O2/c1-14(15-8-10-16(11-9-15)21(2)3)19-20-17(23)13-22-12-6-4-5-7-18(22)24/h8-11H,4-7,12-13H2,1-3H3,(H,20,23)/b19-14-. The van der Waals surface area contributed by atoms with Crippen LogP contribution in [0.2, 0.25) is 0 Å². The Hall–Kier alpha value is -2.37. The van der Waals surface area contributed by atoms with Gasteiger partial charge in [0.2, 0.25) is 5.91 Å². The molecular formula is C18H26N4O2. The van der Waals surface area contributed by atoms with Gasteiger partial charge in [0.15, 0.2) is 0 Å². The molecule has 0 saturated carbocycles. The van der Waals surface area contributed by atoms with Crippen molar-refractivity contribution in [1.29, 1.82) is 0 Å². The zero-order valence-corrected chi connectivity index (χ0v) is 14.7. The number of benzene rings is 1. The largest absolute Gasteiger partial charge is 0.378 e. The number of likely N-dealkylation sites (tertiary alicyclic amines) is 1. The summed E-state index contributed by atoms with van der Waals surface area (Å²) in [5.74, 6) is -0.197. The van der Waals surface area contributed by atoms with Crippen molar-refractivity contribution in [3.63, 3.8) is 0 Å². The number of nitrogens with one attached hydrogen (secondary N) is 1. The number of nitrogens with zero attached hydrogens (tertiary/aromatic N) is 3. The van der Waals surface area contributed by atoms with Crippen LogP contribution in [0.3, 0.4) is 0 Å². The van der Waals surface area contributed by atoms with Gasteiger partial charge >= 0.3 is 0 Å². The van der Waals surface area contributed by atoms with Gasteiger partial charge in [0.25, 0.3) is 5.91 Å². The summed E-state index contributed by atoms with van der Waals surface area (Å²) in [7, 11) is 3.97. The van der Waals surface area contributed by atoms with Gasteiger partial charge in [-0.05, 0) is 37.5 Å². The fourth-order valence-electron chi connectivity index (χ4n) is 2.63. The minimum atomic E-state index is -0.255. The van der Waals surface area contributed by atoms with E-state index < -0.39 is 0 Å². The maximum Gasteiger partial charge on any atom is 0.259 e. The first-order chi connectivity index (χ1) is 11.5. The van der Waals surface area contributed by atoms with Crippen LogP contribution in [0.25, 0.3) is 0 Å². The smallest absolute Gasteiger partial charge is 0.259 e. The van der Waals surface area contributed by atoms with Crippen molar-refractivity contribution in [2.75, 3.05) is 32.1 Å². The Labute approximate surface area is 143 Å². The number of hydrogen-bond donors (Lipinski definition) is 1. The van der Waals surface area contributed by atoms with Crippen LogP contribution in [0.1, 0.15) is 38.2 Å². The van der Waals surface area contributed by atoms with Crippen LogP contribution in [0.4, 0.5) is 5.69 Å². The molecule has 2 rings (SSSR count). The van der Waals surface area contributed by atoms with E-state index in [-0.39, 0.29) is 18.4 Å². The van der Waals surface area contributed by atoms with Crippen molar-refractivity contribution >= 4 is 23.2 Å². The molecule has 0 aliphatic carbocycles. The summed E-state index contributed by atoms with van der Waals surface area (Å²) >= 11 is 0. The molecule has 1 saturated heterocycles. The lowest BCUT2D eigenvalue weighted by atomic mass is 10.1. The lowest BCUT2D eigenvalue weighted by molar-refractivity contribution is -0.135. The number of carbonyl (C=O) groups is 2. The normalized spacial score (nSPS) is 15.9. The lowest BCUT2D eigenvalue weighted by Gasteiger charge is -2.19. The fraction of sp³-hybridized carbons (Fsp3) is 0.500. The Morgan fingerprint density at radius 2 is 1.92 bits per heavy atom. The summed E-state index contributed by atoms with van der Waals surface area (Å²) in [4.78, 5) is 27.6. The van der Waals surface area contributed by atoms with Crippen LogP contribution < -0.4 is 10.3 Å². The highest BCUT2D eigenvalue weighted by Crippen LogP contribution is 2.13. The molecule has 0 atom stereocenters. The Bertz CT molecular complexity index is 608. The molecule has 6 heteroatoms. The highest BCUT2D eigenvalue weighted by molar-refractivity contribution is 5.99. The molecule has 130 valence electrons. The third kappa shape index (κ3) is 5.08. The molecule has 24 heavy (non-hydrogen) atoms. The molecule has 1 fully saturated rings. The first-order valence-corrected chi connectivity index (χ1v) is 8.36. The summed E-state index contributed by atoms with van der Waals surface area (Å²) in [5, 5.41) is 4.15. The van der Waals surface area contributed by atoms with E-state index >= 15 is 0 Å². The minimum Gasteiger partial charge on any atom is -0.378 e. The van der Waals surface area contributed by atoms with E-state index in [2.05, 4.69) is 10.5 Å². The summed E-state index contributed by atoms with van der Waals surface area (Å²) in [6.07, 6.45) is 3.45. The molecule has 0 bridgehead atoms. The number of rotatable bonds is 5. The first-order valence-electron chi connectivity index (χ1n) is 8.36. The molecule has 1 aromatic carbocycles. The summed E-state index contributed by atoms with van der Waals surface area (Å²) in [6.45, 7) is 2.58. The minimum absolute atomic E-state index is 0.0580. The van der Waals surface area contributed by atoms with Gasteiger partial charge in [-0.2, -0.15) is 5.10 Å². The van der Waals surface area contributed by atoms with Gasteiger partial charge in [-0.15, -0.1) is 0 Å². The number of amides is 2. The molecule has 0 spiro atoms. The topological polar surface area (TPSA) is 65.0 Å². The van der Waals surface area contributed by atoms with Crippen molar-refractivity contribution in [3.8, 4) is 0 Å². The summed E-state index contributed by atoms with van der Waals surface area (Å²) in [5.41, 5.74) is 5.34. The Morgan fingerprint density at radius 1 is 1.21 bits per heavy atom. The predicted molar refractivity (Wildman–Crippen MR) is 96.2 cm³/mol. The van der Waals surface area contributed by atoms with E-state index in [4.69, 9.17) is 0 Å². The maximum absolute atomic E-state index is 12.0. The van der Waals surface area contributed by atoms with Gasteiger partial charge in [-0.1, -0.05) is 18.6 Å². The monoisotopic (exact) mass is 330 g/mol. The summed E-state index contributed by atoms with van der Waals surface area (Å²) < 4.78 is 0. The molecule has 6 nitrogen and oxygen atoms in total. The van der Waals surface area contributed by atoms with Crippen molar-refractivity contribution in [2.24, 2.45) is 5.10 Å². The molecule has 0 radical (unpaired) electrons. The predicted octanol–water partition coefficient (Wildman–Crippen LogP) is 2.00. The first kappa shape index (κ1) is 18.0. The van der Waals surface area contributed by atoms with Crippen molar-refractivity contribution in [3.05, 3.63) is 29.8 Å². The molecule has 0 aromatic heterocycles. The quantitative estimate of drug-likeness (QED) is 0.663. The average molecular weight is 330 g/mol. The lowest BCUT2D eigenvalue weighted by Crippen LogP contribution is -2.39. The number of carbonyl (C=O) groups excluding carboxylic acids is 2. The van der Waals surface area contributed by atoms with Crippen LogP contribution in [-0.4, -0.2) is 49.6 Å². The molecule has 1 N–H and O–H groups in total. The van der Waals surface area contributed by atoms with Crippen molar-refractivity contribution < 1.29 is 9.59 Å². The molecule has 1 aliphatic heterocycles. The van der Waals surface area contributed by atoms with Gasteiger partial charge in [0.1, 0.15) is 6.54 Å². The van der Waals surface area contributed by atoms with Gasteiger partial charge in [-0.3, -0.25) is 9.59 Å². The van der Waals surface area contributed by atoms with Crippen LogP contribution >= 0.6 is 0 Å². The Morgan fingerprint density at radius 3 is 2.58 bits per heavy atom. The molecule has 2 amide bonds. The van der Waals surface area contributed by atoms with E-state index in [0.717, 1.165) is 36.2 Å². The number of hydrazone groups is 1. The summed E-state index contributed by atoms with van der Waals surface area (Å²) in [6, 6.07) is 7.95. The molecule has 1 aliphatic rings. The molecule has 0 unspecified atom stereocenters.